The second-order valence-corrected chi connectivity index (χ2v) is 10.7. The number of benzene rings is 3. The SMILES string of the molecule is CCCCc1ccc(C#Cc2ccc(CN(C(=O)CCC3CCCC3)c3ccc(C(=O)OCC)cc3)cc2)cc1. The van der Waals surface area contributed by atoms with Crippen LogP contribution in [0.4, 0.5) is 5.69 Å². The second-order valence-electron chi connectivity index (χ2n) is 10.7. The summed E-state index contributed by atoms with van der Waals surface area (Å²) in [6.07, 6.45) is 10.00. The Labute approximate surface area is 239 Å². The Hall–Kier alpha value is -3.84. The third-order valence-electron chi connectivity index (χ3n) is 7.65. The molecule has 0 atom stereocenters. The van der Waals surface area contributed by atoms with E-state index in [0.717, 1.165) is 35.2 Å². The van der Waals surface area contributed by atoms with E-state index in [0.29, 0.717) is 31.1 Å². The molecule has 3 aromatic rings. The molecule has 0 heterocycles. The number of hydrogen-bond donors (Lipinski definition) is 0. The Morgan fingerprint density at radius 2 is 1.43 bits per heavy atom. The molecule has 0 aliphatic heterocycles. The van der Waals surface area contributed by atoms with Gasteiger partial charge in [0.05, 0.1) is 18.7 Å². The maximum atomic E-state index is 13.4. The molecule has 0 aromatic heterocycles. The van der Waals surface area contributed by atoms with Crippen molar-refractivity contribution in [2.75, 3.05) is 11.5 Å². The maximum absolute atomic E-state index is 13.4. The summed E-state index contributed by atoms with van der Waals surface area (Å²) in [4.78, 5) is 27.4. The van der Waals surface area contributed by atoms with Crippen LogP contribution in [-0.2, 0) is 22.5 Å². The summed E-state index contributed by atoms with van der Waals surface area (Å²) >= 11 is 0. The van der Waals surface area contributed by atoms with Crippen molar-refractivity contribution in [3.05, 3.63) is 101 Å². The molecule has 208 valence electrons. The van der Waals surface area contributed by atoms with Crippen LogP contribution in [0.25, 0.3) is 0 Å². The van der Waals surface area contributed by atoms with E-state index in [1.807, 2.05) is 41.3 Å². The summed E-state index contributed by atoms with van der Waals surface area (Å²) < 4.78 is 5.11. The van der Waals surface area contributed by atoms with Gasteiger partial charge in [0.15, 0.2) is 0 Å². The fourth-order valence-electron chi connectivity index (χ4n) is 5.23. The Bertz CT molecular complexity index is 1290. The first kappa shape index (κ1) is 29.2. The third kappa shape index (κ3) is 8.58. The predicted molar refractivity (Wildman–Crippen MR) is 162 cm³/mol. The molecule has 0 bridgehead atoms. The van der Waals surface area contributed by atoms with E-state index in [9.17, 15) is 9.59 Å². The van der Waals surface area contributed by atoms with E-state index in [2.05, 4.69) is 43.0 Å². The first-order valence-corrected chi connectivity index (χ1v) is 14.8. The number of unbranched alkanes of at least 4 members (excludes halogenated alkanes) is 1. The van der Waals surface area contributed by atoms with E-state index >= 15 is 0 Å². The Balaban J connectivity index is 1.45. The summed E-state index contributed by atoms with van der Waals surface area (Å²) in [7, 11) is 0. The lowest BCUT2D eigenvalue weighted by Gasteiger charge is -2.24. The molecule has 0 N–H and O–H groups in total. The zero-order valence-electron chi connectivity index (χ0n) is 24.0. The monoisotopic (exact) mass is 535 g/mol. The summed E-state index contributed by atoms with van der Waals surface area (Å²) in [5.41, 5.74) is 5.62. The highest BCUT2D eigenvalue weighted by molar-refractivity contribution is 5.94. The van der Waals surface area contributed by atoms with Crippen molar-refractivity contribution in [1.82, 2.24) is 0 Å². The normalized spacial score (nSPS) is 12.9. The number of carbonyl (C=O) groups excluding carboxylic acids is 2. The van der Waals surface area contributed by atoms with Crippen LogP contribution in [0, 0.1) is 17.8 Å². The number of amides is 1. The number of anilines is 1. The summed E-state index contributed by atoms with van der Waals surface area (Å²) in [5, 5.41) is 0. The van der Waals surface area contributed by atoms with Crippen LogP contribution in [0.3, 0.4) is 0 Å². The van der Waals surface area contributed by atoms with Gasteiger partial charge in [0.2, 0.25) is 5.91 Å². The standard InChI is InChI=1S/C36H41NO3/c1-3-5-8-29-11-13-30(14-12-29)15-16-31-17-19-32(20-18-31)27-37(35(38)26-21-28-9-6-7-10-28)34-24-22-33(23-25-34)36(39)40-4-2/h11-14,17-20,22-25,28H,3-10,21,26-27H2,1-2H3. The van der Waals surface area contributed by atoms with Gasteiger partial charge in [-0.3, -0.25) is 4.79 Å². The van der Waals surface area contributed by atoms with Crippen LogP contribution in [0.1, 0.15) is 97.8 Å². The molecule has 1 aliphatic rings. The largest absolute Gasteiger partial charge is 0.462 e. The number of esters is 1. The zero-order valence-corrected chi connectivity index (χ0v) is 24.0. The lowest BCUT2D eigenvalue weighted by molar-refractivity contribution is -0.119. The highest BCUT2D eigenvalue weighted by Gasteiger charge is 2.21. The van der Waals surface area contributed by atoms with Crippen molar-refractivity contribution in [1.29, 1.82) is 0 Å². The van der Waals surface area contributed by atoms with E-state index in [-0.39, 0.29) is 11.9 Å². The predicted octanol–water partition coefficient (Wildman–Crippen LogP) is 8.11. The van der Waals surface area contributed by atoms with Crippen molar-refractivity contribution in [2.24, 2.45) is 5.92 Å². The number of nitrogens with zero attached hydrogens (tertiary/aromatic N) is 1. The van der Waals surface area contributed by atoms with E-state index in [1.54, 1.807) is 19.1 Å². The smallest absolute Gasteiger partial charge is 0.338 e. The molecule has 4 heteroatoms. The quantitative estimate of drug-likeness (QED) is 0.184. The molecular formula is C36H41NO3. The Morgan fingerprint density at radius 1 is 0.825 bits per heavy atom. The molecule has 40 heavy (non-hydrogen) atoms. The van der Waals surface area contributed by atoms with Gasteiger partial charge in [-0.25, -0.2) is 4.79 Å². The molecule has 1 fully saturated rings. The second kappa shape index (κ2) is 15.1. The van der Waals surface area contributed by atoms with Gasteiger partial charge in [-0.15, -0.1) is 0 Å². The van der Waals surface area contributed by atoms with Crippen molar-refractivity contribution in [2.45, 2.75) is 78.2 Å². The van der Waals surface area contributed by atoms with Gasteiger partial charge in [-0.05, 0) is 91.8 Å². The molecule has 1 saturated carbocycles. The lowest BCUT2D eigenvalue weighted by atomic mass is 10.0. The first-order valence-electron chi connectivity index (χ1n) is 14.8. The topological polar surface area (TPSA) is 46.6 Å². The maximum Gasteiger partial charge on any atom is 0.338 e. The molecule has 3 aromatic carbocycles. The molecule has 4 rings (SSSR count). The molecule has 1 aliphatic carbocycles. The summed E-state index contributed by atoms with van der Waals surface area (Å²) in [6.45, 7) is 4.80. The minimum atomic E-state index is -0.350. The van der Waals surface area contributed by atoms with Crippen molar-refractivity contribution in [3.8, 4) is 11.8 Å². The van der Waals surface area contributed by atoms with Gasteiger partial charge >= 0.3 is 5.97 Å². The van der Waals surface area contributed by atoms with E-state index in [4.69, 9.17) is 4.74 Å². The third-order valence-corrected chi connectivity index (χ3v) is 7.65. The zero-order chi connectivity index (χ0) is 28.2. The minimum Gasteiger partial charge on any atom is -0.462 e. The fourth-order valence-corrected chi connectivity index (χ4v) is 5.23. The fraction of sp³-hybridized carbons (Fsp3) is 0.389. The van der Waals surface area contributed by atoms with Crippen molar-refractivity contribution in [3.63, 3.8) is 0 Å². The van der Waals surface area contributed by atoms with Crippen LogP contribution in [0.15, 0.2) is 72.8 Å². The molecule has 4 nitrogen and oxygen atoms in total. The number of carbonyl (C=O) groups is 2. The van der Waals surface area contributed by atoms with Crippen LogP contribution in [0.5, 0.6) is 0 Å². The molecule has 0 saturated heterocycles. The number of aryl methyl sites for hydroxylation is 1. The molecule has 1 amide bonds. The average molecular weight is 536 g/mol. The van der Waals surface area contributed by atoms with Gasteiger partial charge in [0, 0.05) is 23.2 Å². The van der Waals surface area contributed by atoms with Gasteiger partial charge in [-0.2, -0.15) is 0 Å². The summed E-state index contributed by atoms with van der Waals surface area (Å²) in [5.74, 6) is 6.94. The van der Waals surface area contributed by atoms with Crippen LogP contribution >= 0.6 is 0 Å². The Morgan fingerprint density at radius 3 is 2.00 bits per heavy atom. The highest BCUT2D eigenvalue weighted by Crippen LogP contribution is 2.29. The molecule has 0 unspecified atom stereocenters. The van der Waals surface area contributed by atoms with Crippen LogP contribution < -0.4 is 4.90 Å². The van der Waals surface area contributed by atoms with Crippen LogP contribution in [-0.4, -0.2) is 18.5 Å². The average Bonchev–Trinajstić information content (AvgIpc) is 3.52. The first-order chi connectivity index (χ1) is 19.6. The van der Waals surface area contributed by atoms with Crippen LogP contribution in [0.2, 0.25) is 0 Å². The molecule has 0 spiro atoms. The molecule has 0 radical (unpaired) electrons. The minimum absolute atomic E-state index is 0.113. The van der Waals surface area contributed by atoms with Gasteiger partial charge in [0.25, 0.3) is 0 Å². The number of hydrogen-bond acceptors (Lipinski definition) is 3. The van der Waals surface area contributed by atoms with E-state index < -0.39 is 0 Å². The Kier molecular flexibility index (Phi) is 11.0. The lowest BCUT2D eigenvalue weighted by Crippen LogP contribution is -2.30. The number of rotatable bonds is 11. The van der Waals surface area contributed by atoms with Gasteiger partial charge in [0.1, 0.15) is 0 Å². The van der Waals surface area contributed by atoms with Gasteiger partial charge < -0.3 is 9.64 Å². The molecular weight excluding hydrogens is 494 g/mol. The summed E-state index contributed by atoms with van der Waals surface area (Å²) in [6, 6.07) is 23.8. The highest BCUT2D eigenvalue weighted by atomic mass is 16.5. The van der Waals surface area contributed by atoms with Gasteiger partial charge in [-0.1, -0.05) is 75.1 Å². The van der Waals surface area contributed by atoms with Crippen molar-refractivity contribution < 1.29 is 14.3 Å². The number of ether oxygens (including phenoxy) is 1. The van der Waals surface area contributed by atoms with Crippen molar-refractivity contribution >= 4 is 17.6 Å². The van der Waals surface area contributed by atoms with E-state index in [1.165, 1.54) is 44.1 Å².